The van der Waals surface area contributed by atoms with E-state index >= 15 is 0 Å². The fraction of sp³-hybridized carbons (Fsp3) is 0.375. The molecule has 1 fully saturated rings. The van der Waals surface area contributed by atoms with Crippen molar-refractivity contribution >= 4 is 17.5 Å². The summed E-state index contributed by atoms with van der Waals surface area (Å²) in [6.45, 7) is 3.06. The maximum absolute atomic E-state index is 14.1. The molecule has 1 aromatic heterocycles. The number of halogens is 2. The number of rotatable bonds is 3. The molecule has 0 N–H and O–H groups in total. The van der Waals surface area contributed by atoms with Crippen molar-refractivity contribution in [3.8, 4) is 0 Å². The van der Waals surface area contributed by atoms with Gasteiger partial charge in [0.15, 0.2) is 0 Å². The topological polar surface area (TPSA) is 38.1 Å². The highest BCUT2D eigenvalue weighted by atomic mass is 35.5. The number of hydrogen-bond donors (Lipinski definition) is 0. The van der Waals surface area contributed by atoms with Crippen LogP contribution in [0.15, 0.2) is 30.5 Å². The summed E-state index contributed by atoms with van der Waals surface area (Å²) in [6, 6.07) is 6.38. The molecule has 1 aliphatic heterocycles. The smallest absolute Gasteiger partial charge is 0.274 e. The summed E-state index contributed by atoms with van der Waals surface area (Å²) < 4.78 is 15.6. The Morgan fingerprint density at radius 3 is 2.95 bits per heavy atom. The first-order valence-electron chi connectivity index (χ1n) is 7.40. The van der Waals surface area contributed by atoms with Gasteiger partial charge in [0.2, 0.25) is 0 Å². The van der Waals surface area contributed by atoms with E-state index in [-0.39, 0.29) is 17.8 Å². The van der Waals surface area contributed by atoms with Crippen LogP contribution in [0.5, 0.6) is 0 Å². The molecule has 116 valence electrons. The van der Waals surface area contributed by atoms with E-state index in [1.807, 2.05) is 6.92 Å². The maximum atomic E-state index is 14.1. The number of carbonyl (C=O) groups excluding carboxylic acids is 1. The molecule has 1 unspecified atom stereocenters. The molecule has 2 heterocycles. The average molecular weight is 322 g/mol. The number of likely N-dealkylation sites (tertiary alicyclic amines) is 1. The van der Waals surface area contributed by atoms with Crippen molar-refractivity contribution in [3.63, 3.8) is 0 Å². The van der Waals surface area contributed by atoms with E-state index in [0.29, 0.717) is 29.4 Å². The van der Waals surface area contributed by atoms with Gasteiger partial charge in [-0.2, -0.15) is 5.10 Å². The quantitative estimate of drug-likeness (QED) is 0.865. The maximum Gasteiger partial charge on any atom is 0.274 e. The molecule has 0 spiro atoms. The Morgan fingerprint density at radius 1 is 1.45 bits per heavy atom. The summed E-state index contributed by atoms with van der Waals surface area (Å²) in [7, 11) is 0. The molecule has 1 aromatic carbocycles. The lowest BCUT2D eigenvalue weighted by molar-refractivity contribution is 0.0721. The van der Waals surface area contributed by atoms with Crippen LogP contribution in [-0.2, 0) is 6.54 Å². The highest BCUT2D eigenvalue weighted by Crippen LogP contribution is 2.35. The zero-order valence-corrected chi connectivity index (χ0v) is 13.1. The molecule has 1 amide bonds. The van der Waals surface area contributed by atoms with E-state index < -0.39 is 0 Å². The van der Waals surface area contributed by atoms with Gasteiger partial charge in [-0.25, -0.2) is 4.39 Å². The third kappa shape index (κ3) is 2.50. The van der Waals surface area contributed by atoms with Gasteiger partial charge in [0.05, 0.1) is 17.3 Å². The number of hydrogen-bond acceptors (Lipinski definition) is 2. The molecule has 1 atom stereocenters. The van der Waals surface area contributed by atoms with Crippen LogP contribution in [0.2, 0.25) is 5.02 Å². The lowest BCUT2D eigenvalue weighted by Gasteiger charge is -2.25. The number of amides is 1. The van der Waals surface area contributed by atoms with Gasteiger partial charge < -0.3 is 4.90 Å². The second-order valence-electron chi connectivity index (χ2n) is 5.33. The zero-order valence-electron chi connectivity index (χ0n) is 12.3. The van der Waals surface area contributed by atoms with Gasteiger partial charge in [-0.15, -0.1) is 0 Å². The minimum absolute atomic E-state index is 0.185. The molecule has 1 saturated heterocycles. The van der Waals surface area contributed by atoms with Gasteiger partial charge in [-0.3, -0.25) is 9.48 Å². The summed E-state index contributed by atoms with van der Waals surface area (Å²) >= 11 is 6.12. The van der Waals surface area contributed by atoms with Gasteiger partial charge in [0.25, 0.3) is 5.91 Å². The Hall–Kier alpha value is -1.88. The van der Waals surface area contributed by atoms with Crippen molar-refractivity contribution in [1.29, 1.82) is 0 Å². The molecule has 0 bridgehead atoms. The van der Waals surface area contributed by atoms with E-state index in [4.69, 9.17) is 11.6 Å². The van der Waals surface area contributed by atoms with Gasteiger partial charge in [0.1, 0.15) is 11.5 Å². The molecular weight excluding hydrogens is 305 g/mol. The monoisotopic (exact) mass is 321 g/mol. The van der Waals surface area contributed by atoms with Crippen molar-refractivity contribution in [2.24, 2.45) is 0 Å². The second kappa shape index (κ2) is 6.08. The first kappa shape index (κ1) is 15.0. The lowest BCUT2D eigenvalue weighted by atomic mass is 10.0. The minimum atomic E-state index is -0.276. The molecule has 22 heavy (non-hydrogen) atoms. The highest BCUT2D eigenvalue weighted by molar-refractivity contribution is 6.33. The molecular formula is C16H17ClFN3O. The standard InChI is InChI=1S/C16H17ClFN3O/c1-2-21-15(12(17)10-19-21)16(22)20-9-5-8-14(20)11-6-3-4-7-13(11)18/h3-4,6-7,10,14H,2,5,8-9H2,1H3. The van der Waals surface area contributed by atoms with Crippen LogP contribution >= 0.6 is 11.6 Å². The van der Waals surface area contributed by atoms with Gasteiger partial charge in [-0.05, 0) is 25.8 Å². The Morgan fingerprint density at radius 2 is 2.23 bits per heavy atom. The third-order valence-corrected chi connectivity index (χ3v) is 4.35. The predicted molar refractivity (Wildman–Crippen MR) is 82.3 cm³/mol. The minimum Gasteiger partial charge on any atom is -0.330 e. The van der Waals surface area contributed by atoms with E-state index in [0.717, 1.165) is 12.8 Å². The molecule has 1 aliphatic rings. The third-order valence-electron chi connectivity index (χ3n) is 4.07. The van der Waals surface area contributed by atoms with Crippen molar-refractivity contribution in [3.05, 3.63) is 52.6 Å². The summed E-state index contributed by atoms with van der Waals surface area (Å²) in [6.07, 6.45) is 3.08. The molecule has 6 heteroatoms. The van der Waals surface area contributed by atoms with Crippen molar-refractivity contribution in [1.82, 2.24) is 14.7 Å². The second-order valence-corrected chi connectivity index (χ2v) is 5.74. The van der Waals surface area contributed by atoms with Crippen LogP contribution in [-0.4, -0.2) is 27.1 Å². The summed E-state index contributed by atoms with van der Waals surface area (Å²) in [5.41, 5.74) is 0.944. The number of benzene rings is 1. The van der Waals surface area contributed by atoms with Crippen molar-refractivity contribution in [2.75, 3.05) is 6.54 Å². The van der Waals surface area contributed by atoms with Crippen LogP contribution in [0.25, 0.3) is 0 Å². The van der Waals surface area contributed by atoms with Gasteiger partial charge in [-0.1, -0.05) is 29.8 Å². The first-order chi connectivity index (χ1) is 10.6. The zero-order chi connectivity index (χ0) is 15.7. The molecule has 3 rings (SSSR count). The molecule has 0 radical (unpaired) electrons. The number of aromatic nitrogens is 2. The number of nitrogens with zero attached hydrogens (tertiary/aromatic N) is 3. The Bertz CT molecular complexity index is 700. The fourth-order valence-electron chi connectivity index (χ4n) is 3.03. The van der Waals surface area contributed by atoms with Crippen LogP contribution in [0.4, 0.5) is 4.39 Å². The van der Waals surface area contributed by atoms with Crippen LogP contribution in [0.1, 0.15) is 41.9 Å². The highest BCUT2D eigenvalue weighted by Gasteiger charge is 2.34. The largest absolute Gasteiger partial charge is 0.330 e. The lowest BCUT2D eigenvalue weighted by Crippen LogP contribution is -2.32. The predicted octanol–water partition coefficient (Wildman–Crippen LogP) is 3.67. The van der Waals surface area contributed by atoms with Crippen LogP contribution < -0.4 is 0 Å². The van der Waals surface area contributed by atoms with E-state index in [9.17, 15) is 9.18 Å². The first-order valence-corrected chi connectivity index (χ1v) is 7.78. The normalized spacial score (nSPS) is 18.0. The van der Waals surface area contributed by atoms with Gasteiger partial charge >= 0.3 is 0 Å². The van der Waals surface area contributed by atoms with Crippen molar-refractivity contribution in [2.45, 2.75) is 32.4 Å². The van der Waals surface area contributed by atoms with E-state index in [2.05, 4.69) is 5.10 Å². The average Bonchev–Trinajstić information content (AvgIpc) is 3.13. The van der Waals surface area contributed by atoms with Gasteiger partial charge in [0, 0.05) is 18.7 Å². The summed E-state index contributed by atoms with van der Waals surface area (Å²) in [5.74, 6) is -0.461. The van der Waals surface area contributed by atoms with E-state index in [1.165, 1.54) is 12.3 Å². The summed E-state index contributed by atoms with van der Waals surface area (Å²) in [5, 5.41) is 4.44. The van der Waals surface area contributed by atoms with Crippen molar-refractivity contribution < 1.29 is 9.18 Å². The molecule has 4 nitrogen and oxygen atoms in total. The Labute approximate surface area is 133 Å². The van der Waals surface area contributed by atoms with Crippen LogP contribution in [0.3, 0.4) is 0 Å². The number of carbonyl (C=O) groups is 1. The molecule has 0 aliphatic carbocycles. The molecule has 0 saturated carbocycles. The summed E-state index contributed by atoms with van der Waals surface area (Å²) in [4.78, 5) is 14.6. The van der Waals surface area contributed by atoms with Crippen LogP contribution in [0, 0.1) is 5.82 Å². The number of aryl methyl sites for hydroxylation is 1. The molecule has 2 aromatic rings. The van der Waals surface area contributed by atoms with E-state index in [1.54, 1.807) is 27.8 Å². The SMILES string of the molecule is CCn1ncc(Cl)c1C(=O)N1CCCC1c1ccccc1F. The fourth-order valence-corrected chi connectivity index (χ4v) is 3.25. The Kier molecular flexibility index (Phi) is 4.16. The Balaban J connectivity index is 1.95.